The Balaban J connectivity index is 1.86. The molecule has 1 aromatic heterocycles. The molecule has 142 valence electrons. The summed E-state index contributed by atoms with van der Waals surface area (Å²) in [6.07, 6.45) is 0.0335. The Morgan fingerprint density at radius 3 is 2.43 bits per heavy atom. The van der Waals surface area contributed by atoms with Crippen molar-refractivity contribution in [3.8, 4) is 11.3 Å². The zero-order chi connectivity index (χ0) is 20.1. The van der Waals surface area contributed by atoms with Crippen molar-refractivity contribution in [2.45, 2.75) is 6.42 Å². The lowest BCUT2D eigenvalue weighted by Gasteiger charge is -2.01. The number of methoxy groups -OCH3 is 1. The average molecular weight is 397 g/mol. The van der Waals surface area contributed by atoms with Gasteiger partial charge in [-0.2, -0.15) is 0 Å². The summed E-state index contributed by atoms with van der Waals surface area (Å²) in [6, 6.07) is 14.5. The van der Waals surface area contributed by atoms with Crippen LogP contribution in [0.5, 0.6) is 0 Å². The van der Waals surface area contributed by atoms with E-state index < -0.39 is 16.8 Å². The second-order valence-corrected chi connectivity index (χ2v) is 6.75. The van der Waals surface area contributed by atoms with Crippen molar-refractivity contribution in [1.29, 1.82) is 0 Å². The van der Waals surface area contributed by atoms with Crippen LogP contribution in [0.15, 0.2) is 54.6 Å². The van der Waals surface area contributed by atoms with Gasteiger partial charge in [0.2, 0.25) is 0 Å². The largest absolute Gasteiger partial charge is 0.469 e. The maximum Gasteiger partial charge on any atom is 0.310 e. The fourth-order valence-electron chi connectivity index (χ4n) is 2.45. The van der Waals surface area contributed by atoms with E-state index >= 15 is 0 Å². The molecule has 0 fully saturated rings. The van der Waals surface area contributed by atoms with Gasteiger partial charge in [-0.1, -0.05) is 30.3 Å². The summed E-state index contributed by atoms with van der Waals surface area (Å²) in [4.78, 5) is 39.4. The molecular weight excluding hydrogens is 382 g/mol. The minimum Gasteiger partial charge on any atom is -0.469 e. The van der Waals surface area contributed by atoms with E-state index in [1.165, 1.54) is 42.7 Å². The van der Waals surface area contributed by atoms with Crippen molar-refractivity contribution in [3.05, 3.63) is 75.2 Å². The normalized spacial score (nSPS) is 10.3. The predicted octanol–water partition coefficient (Wildman–Crippen LogP) is 3.69. The number of aromatic nitrogens is 1. The van der Waals surface area contributed by atoms with Gasteiger partial charge in [-0.25, -0.2) is 4.98 Å². The maximum absolute atomic E-state index is 12.4. The van der Waals surface area contributed by atoms with E-state index in [9.17, 15) is 19.7 Å². The number of thiazole rings is 1. The Labute approximate surface area is 164 Å². The summed E-state index contributed by atoms with van der Waals surface area (Å²) >= 11 is 1.18. The van der Waals surface area contributed by atoms with E-state index in [1.54, 1.807) is 0 Å². The molecule has 0 radical (unpaired) electrons. The van der Waals surface area contributed by atoms with Gasteiger partial charge in [-0.15, -0.1) is 11.3 Å². The number of amides is 1. The van der Waals surface area contributed by atoms with Gasteiger partial charge in [0.1, 0.15) is 0 Å². The van der Waals surface area contributed by atoms with E-state index in [0.717, 1.165) is 5.56 Å². The molecule has 0 saturated heterocycles. The number of nitro benzene ring substituents is 1. The molecule has 1 amide bonds. The van der Waals surface area contributed by atoms with E-state index in [4.69, 9.17) is 4.74 Å². The van der Waals surface area contributed by atoms with Crippen LogP contribution in [0.3, 0.4) is 0 Å². The topological polar surface area (TPSA) is 111 Å². The zero-order valence-electron chi connectivity index (χ0n) is 14.7. The molecule has 3 rings (SSSR count). The molecule has 0 aliphatic heterocycles. The summed E-state index contributed by atoms with van der Waals surface area (Å²) in [6.45, 7) is 0. The zero-order valence-corrected chi connectivity index (χ0v) is 15.6. The molecular formula is C19H15N3O5S. The number of nitrogens with zero attached hydrogens (tertiary/aromatic N) is 2. The number of hydrogen-bond donors (Lipinski definition) is 1. The third-order valence-electron chi connectivity index (χ3n) is 3.84. The van der Waals surface area contributed by atoms with Crippen LogP contribution in [-0.4, -0.2) is 28.9 Å². The Morgan fingerprint density at radius 1 is 1.14 bits per heavy atom. The van der Waals surface area contributed by atoms with Crippen LogP contribution >= 0.6 is 11.3 Å². The van der Waals surface area contributed by atoms with Crippen molar-refractivity contribution in [2.75, 3.05) is 12.4 Å². The highest BCUT2D eigenvalue weighted by atomic mass is 32.1. The van der Waals surface area contributed by atoms with Crippen LogP contribution in [0.1, 0.15) is 15.2 Å². The number of esters is 1. The number of anilines is 1. The molecule has 3 aromatic rings. The molecule has 1 heterocycles. The highest BCUT2D eigenvalue weighted by Gasteiger charge is 2.18. The summed E-state index contributed by atoms with van der Waals surface area (Å²) in [5, 5.41) is 13.7. The number of carbonyl (C=O) groups excluding carboxylic acids is 2. The lowest BCUT2D eigenvalue weighted by molar-refractivity contribution is -0.384. The fraction of sp³-hybridized carbons (Fsp3) is 0.105. The van der Waals surface area contributed by atoms with Gasteiger partial charge in [-0.05, 0) is 12.1 Å². The Bertz CT molecular complexity index is 1020. The first-order valence-corrected chi connectivity index (χ1v) is 8.97. The summed E-state index contributed by atoms with van der Waals surface area (Å²) in [5.74, 6) is -0.859. The second kappa shape index (κ2) is 8.40. The summed E-state index contributed by atoms with van der Waals surface area (Å²) in [5.41, 5.74) is 1.57. The molecule has 8 nitrogen and oxygen atoms in total. The minimum atomic E-state index is -0.534. The number of non-ortho nitro benzene ring substituents is 1. The number of benzene rings is 2. The van der Waals surface area contributed by atoms with Crippen LogP contribution in [0.2, 0.25) is 0 Å². The van der Waals surface area contributed by atoms with Crippen LogP contribution in [0.4, 0.5) is 10.8 Å². The third kappa shape index (κ3) is 4.38. The van der Waals surface area contributed by atoms with Gasteiger partial charge >= 0.3 is 5.97 Å². The molecule has 0 saturated carbocycles. The SMILES string of the molecule is COC(=O)Cc1sc(NC(=O)c2ccc([N+](=O)[O-])cc2)nc1-c1ccccc1. The van der Waals surface area contributed by atoms with E-state index in [1.807, 2.05) is 30.3 Å². The average Bonchev–Trinajstić information content (AvgIpc) is 3.10. The minimum absolute atomic E-state index is 0.0335. The molecule has 0 spiro atoms. The highest BCUT2D eigenvalue weighted by Crippen LogP contribution is 2.32. The van der Waals surface area contributed by atoms with Crippen molar-refractivity contribution in [3.63, 3.8) is 0 Å². The standard InChI is InChI=1S/C19H15N3O5S/c1-27-16(23)11-15-17(12-5-3-2-4-6-12)20-19(28-15)21-18(24)13-7-9-14(10-8-13)22(25)26/h2-10H,11H2,1H3,(H,20,21,24). The number of ether oxygens (including phenoxy) is 1. The molecule has 28 heavy (non-hydrogen) atoms. The van der Waals surface area contributed by atoms with Gasteiger partial charge in [-0.3, -0.25) is 25.0 Å². The quantitative estimate of drug-likeness (QED) is 0.386. The second-order valence-electron chi connectivity index (χ2n) is 5.67. The van der Waals surface area contributed by atoms with Crippen LogP contribution in [-0.2, 0) is 16.0 Å². The van der Waals surface area contributed by atoms with Crippen molar-refractivity contribution in [1.82, 2.24) is 4.98 Å². The fourth-order valence-corrected chi connectivity index (χ4v) is 3.42. The van der Waals surface area contributed by atoms with Gasteiger partial charge in [0.25, 0.3) is 11.6 Å². The third-order valence-corrected chi connectivity index (χ3v) is 4.81. The Morgan fingerprint density at radius 2 is 1.82 bits per heavy atom. The van der Waals surface area contributed by atoms with Gasteiger partial charge in [0.05, 0.1) is 24.1 Å². The van der Waals surface area contributed by atoms with E-state index in [2.05, 4.69) is 10.3 Å². The van der Waals surface area contributed by atoms with Crippen LogP contribution < -0.4 is 5.32 Å². The molecule has 0 bridgehead atoms. The predicted molar refractivity (Wildman–Crippen MR) is 104 cm³/mol. The van der Waals surface area contributed by atoms with Crippen LogP contribution in [0, 0.1) is 10.1 Å². The van der Waals surface area contributed by atoms with Gasteiger partial charge in [0.15, 0.2) is 5.13 Å². The number of nitro groups is 1. The highest BCUT2D eigenvalue weighted by molar-refractivity contribution is 7.16. The van der Waals surface area contributed by atoms with Crippen molar-refractivity contribution < 1.29 is 19.2 Å². The number of rotatable bonds is 6. The lowest BCUT2D eigenvalue weighted by atomic mass is 10.1. The Kier molecular flexibility index (Phi) is 5.75. The molecule has 2 aromatic carbocycles. The number of carbonyl (C=O) groups is 2. The molecule has 9 heteroatoms. The molecule has 0 unspecified atom stereocenters. The number of nitrogens with one attached hydrogen (secondary N) is 1. The molecule has 0 atom stereocenters. The number of hydrogen-bond acceptors (Lipinski definition) is 7. The smallest absolute Gasteiger partial charge is 0.310 e. The van der Waals surface area contributed by atoms with Gasteiger partial charge < -0.3 is 4.74 Å². The monoisotopic (exact) mass is 397 g/mol. The molecule has 0 aliphatic carbocycles. The first kappa shape index (κ1) is 19.2. The molecule has 1 N–H and O–H groups in total. The first-order chi connectivity index (χ1) is 13.5. The van der Waals surface area contributed by atoms with E-state index in [-0.39, 0.29) is 17.7 Å². The Hall–Kier alpha value is -3.59. The molecule has 0 aliphatic rings. The summed E-state index contributed by atoms with van der Waals surface area (Å²) in [7, 11) is 1.31. The lowest BCUT2D eigenvalue weighted by Crippen LogP contribution is -2.11. The van der Waals surface area contributed by atoms with E-state index in [0.29, 0.717) is 15.7 Å². The van der Waals surface area contributed by atoms with Crippen molar-refractivity contribution >= 4 is 34.0 Å². The first-order valence-electron chi connectivity index (χ1n) is 8.15. The van der Waals surface area contributed by atoms with Gasteiger partial charge in [0, 0.05) is 28.1 Å². The van der Waals surface area contributed by atoms with Crippen molar-refractivity contribution in [2.24, 2.45) is 0 Å². The maximum atomic E-state index is 12.4. The summed E-state index contributed by atoms with van der Waals surface area (Å²) < 4.78 is 4.73. The van der Waals surface area contributed by atoms with Crippen LogP contribution in [0.25, 0.3) is 11.3 Å².